The lowest BCUT2D eigenvalue weighted by molar-refractivity contribution is 0.0838. The Kier molecular flexibility index (Phi) is 6.23. The van der Waals surface area contributed by atoms with E-state index in [1.54, 1.807) is 0 Å². The average Bonchev–Trinajstić information content (AvgIpc) is 2.61. The largest absolute Gasteiger partial charge is 0.507 e. The summed E-state index contributed by atoms with van der Waals surface area (Å²) in [6, 6.07) is 8.21. The van der Waals surface area contributed by atoms with Gasteiger partial charge in [-0.2, -0.15) is 5.26 Å². The van der Waals surface area contributed by atoms with Crippen LogP contribution < -0.4 is 10.6 Å². The molecule has 9 heteroatoms. The Balaban J connectivity index is 2.50. The molecule has 2 aromatic rings. The summed E-state index contributed by atoms with van der Waals surface area (Å²) in [7, 11) is 0. The van der Waals surface area contributed by atoms with E-state index in [4.69, 9.17) is 17.0 Å². The number of aliphatic hydroxyl groups is 1. The van der Waals surface area contributed by atoms with Gasteiger partial charge in [0.05, 0.1) is 27.8 Å². The van der Waals surface area contributed by atoms with Gasteiger partial charge in [-0.05, 0) is 32.0 Å². The number of hydrogen-bond donors (Lipinski definition) is 5. The highest BCUT2D eigenvalue weighted by atomic mass is 35.5. The van der Waals surface area contributed by atoms with Gasteiger partial charge in [0, 0.05) is 17.7 Å². The first-order valence-corrected chi connectivity index (χ1v) is 8.49. The smallest absolute Gasteiger partial charge is 0.262 e. The van der Waals surface area contributed by atoms with Crippen LogP contribution >= 0.6 is 11.6 Å². The van der Waals surface area contributed by atoms with Crippen LogP contribution in [0.3, 0.4) is 0 Å². The zero-order chi connectivity index (χ0) is 21.1. The summed E-state index contributed by atoms with van der Waals surface area (Å²) in [4.78, 5) is 12.7. The molecule has 0 aliphatic rings. The predicted molar refractivity (Wildman–Crippen MR) is 103 cm³/mol. The number of halogens is 2. The van der Waals surface area contributed by atoms with E-state index in [0.717, 1.165) is 12.1 Å². The first-order valence-electron chi connectivity index (χ1n) is 8.11. The molecule has 0 saturated heterocycles. The molecule has 2 rings (SSSR count). The van der Waals surface area contributed by atoms with Crippen molar-refractivity contribution >= 4 is 23.5 Å². The number of guanidine groups is 1. The minimum absolute atomic E-state index is 0.00793. The van der Waals surface area contributed by atoms with Crippen LogP contribution in [0.5, 0.6) is 5.75 Å². The Labute approximate surface area is 165 Å². The average molecular weight is 405 g/mol. The molecule has 0 spiro atoms. The highest BCUT2D eigenvalue weighted by molar-refractivity contribution is 6.34. The Morgan fingerprint density at radius 1 is 1.36 bits per heavy atom. The van der Waals surface area contributed by atoms with Gasteiger partial charge in [-0.3, -0.25) is 15.5 Å². The van der Waals surface area contributed by atoms with Gasteiger partial charge >= 0.3 is 0 Å². The fourth-order valence-corrected chi connectivity index (χ4v) is 2.64. The van der Waals surface area contributed by atoms with Crippen LogP contribution in [-0.4, -0.2) is 34.2 Å². The summed E-state index contributed by atoms with van der Waals surface area (Å²) >= 11 is 6.01. The van der Waals surface area contributed by atoms with Crippen molar-refractivity contribution in [3.8, 4) is 22.9 Å². The van der Waals surface area contributed by atoms with Crippen LogP contribution in [0.25, 0.3) is 11.1 Å². The molecule has 0 atom stereocenters. The molecule has 0 aliphatic heterocycles. The third-order valence-corrected chi connectivity index (χ3v) is 4.07. The molecule has 0 aromatic heterocycles. The Hall–Kier alpha value is -3.15. The summed E-state index contributed by atoms with van der Waals surface area (Å²) in [6.45, 7) is 3.02. The number of phenols is 1. The lowest BCUT2D eigenvalue weighted by atomic mass is 9.93. The molecule has 0 saturated carbocycles. The first kappa shape index (κ1) is 21.2. The molecule has 0 radical (unpaired) electrons. The van der Waals surface area contributed by atoms with E-state index in [1.807, 2.05) is 6.07 Å². The van der Waals surface area contributed by atoms with Crippen molar-refractivity contribution in [3.63, 3.8) is 0 Å². The van der Waals surface area contributed by atoms with Gasteiger partial charge < -0.3 is 15.5 Å². The van der Waals surface area contributed by atoms with Gasteiger partial charge in [0.2, 0.25) is 0 Å². The van der Waals surface area contributed by atoms with Crippen LogP contribution in [-0.2, 0) is 0 Å². The minimum atomic E-state index is -1.12. The lowest BCUT2D eigenvalue weighted by Gasteiger charge is -2.19. The van der Waals surface area contributed by atoms with Crippen molar-refractivity contribution in [2.75, 3.05) is 6.54 Å². The maximum absolute atomic E-state index is 13.9. The number of phenolic OH excluding ortho intramolecular Hbond substituents is 1. The van der Waals surface area contributed by atoms with Gasteiger partial charge in [-0.25, -0.2) is 4.39 Å². The highest BCUT2D eigenvalue weighted by Crippen LogP contribution is 2.38. The Morgan fingerprint density at radius 3 is 2.64 bits per heavy atom. The molecule has 0 aliphatic carbocycles. The quantitative estimate of drug-likeness (QED) is 0.395. The second-order valence-corrected chi connectivity index (χ2v) is 6.97. The third kappa shape index (κ3) is 4.76. The van der Waals surface area contributed by atoms with Crippen molar-refractivity contribution in [1.29, 1.82) is 10.7 Å². The number of benzene rings is 2. The van der Waals surface area contributed by atoms with Gasteiger partial charge in [-0.15, -0.1) is 0 Å². The van der Waals surface area contributed by atoms with Crippen LogP contribution in [0, 0.1) is 22.6 Å². The number of rotatable bonds is 4. The maximum atomic E-state index is 13.9. The van der Waals surface area contributed by atoms with Gasteiger partial charge in [0.1, 0.15) is 11.6 Å². The Bertz CT molecular complexity index is 980. The zero-order valence-electron chi connectivity index (χ0n) is 15.1. The molecule has 5 N–H and O–H groups in total. The molecule has 1 amide bonds. The van der Waals surface area contributed by atoms with E-state index in [-0.39, 0.29) is 33.8 Å². The van der Waals surface area contributed by atoms with Crippen molar-refractivity contribution in [3.05, 3.63) is 52.3 Å². The number of carbonyl (C=O) groups excluding carboxylic acids is 1. The SMILES string of the molecule is CC(C)(O)CNC(=N)NC(=O)c1c(O)ccc(C#N)c1-c1cccc(F)c1Cl. The first-order chi connectivity index (χ1) is 13.0. The molecule has 7 nitrogen and oxygen atoms in total. The van der Waals surface area contributed by atoms with E-state index < -0.39 is 29.0 Å². The van der Waals surface area contributed by atoms with Crippen LogP contribution in [0.2, 0.25) is 5.02 Å². The molecule has 2 aromatic carbocycles. The summed E-state index contributed by atoms with van der Waals surface area (Å²) in [6.07, 6.45) is 0. The second-order valence-electron chi connectivity index (χ2n) is 6.59. The van der Waals surface area contributed by atoms with E-state index in [0.29, 0.717) is 0 Å². The number of amides is 1. The van der Waals surface area contributed by atoms with Crippen molar-refractivity contribution < 1.29 is 19.4 Å². The zero-order valence-corrected chi connectivity index (χ0v) is 15.9. The summed E-state index contributed by atoms with van der Waals surface area (Å²) < 4.78 is 13.9. The maximum Gasteiger partial charge on any atom is 0.262 e. The van der Waals surface area contributed by atoms with Crippen LogP contribution in [0.4, 0.5) is 4.39 Å². The lowest BCUT2D eigenvalue weighted by Crippen LogP contribution is -2.45. The molecular weight excluding hydrogens is 387 g/mol. The molecule has 0 heterocycles. The van der Waals surface area contributed by atoms with Gasteiger partial charge in [0.25, 0.3) is 5.91 Å². The number of nitrogens with one attached hydrogen (secondary N) is 3. The minimum Gasteiger partial charge on any atom is -0.507 e. The standard InChI is InChI=1S/C19H18ClFN4O3/c1-19(2,28)9-24-18(23)25-17(27)15-13(26)7-6-10(8-22)14(15)11-4-3-5-12(21)16(11)20/h3-7,26,28H,9H2,1-2H3,(H3,23,24,25,27). The number of nitriles is 1. The van der Waals surface area contributed by atoms with E-state index in [2.05, 4.69) is 10.6 Å². The van der Waals surface area contributed by atoms with Gasteiger partial charge in [0.15, 0.2) is 5.96 Å². The third-order valence-electron chi connectivity index (χ3n) is 3.69. The van der Waals surface area contributed by atoms with E-state index in [9.17, 15) is 24.7 Å². The number of hydrogen-bond acceptors (Lipinski definition) is 5. The molecule has 146 valence electrons. The summed E-state index contributed by atoms with van der Waals surface area (Å²) in [5.74, 6) is -2.55. The van der Waals surface area contributed by atoms with Crippen molar-refractivity contribution in [2.24, 2.45) is 0 Å². The van der Waals surface area contributed by atoms with Crippen LogP contribution in [0.1, 0.15) is 29.8 Å². The van der Waals surface area contributed by atoms with E-state index in [1.165, 1.54) is 32.0 Å². The normalized spacial score (nSPS) is 10.9. The molecule has 0 bridgehead atoms. The van der Waals surface area contributed by atoms with E-state index >= 15 is 0 Å². The van der Waals surface area contributed by atoms with Crippen LogP contribution in [0.15, 0.2) is 30.3 Å². The molecule has 0 fully saturated rings. The van der Waals surface area contributed by atoms with Crippen molar-refractivity contribution in [2.45, 2.75) is 19.4 Å². The molecule has 0 unspecified atom stereocenters. The molecular formula is C19H18ClFN4O3. The van der Waals surface area contributed by atoms with Gasteiger partial charge in [-0.1, -0.05) is 23.7 Å². The number of aromatic hydroxyl groups is 1. The number of carbonyl (C=O) groups is 1. The highest BCUT2D eigenvalue weighted by Gasteiger charge is 2.24. The topological polar surface area (TPSA) is 129 Å². The van der Waals surface area contributed by atoms with Crippen molar-refractivity contribution in [1.82, 2.24) is 10.6 Å². The fourth-order valence-electron chi connectivity index (χ4n) is 2.42. The Morgan fingerprint density at radius 2 is 2.04 bits per heavy atom. The predicted octanol–water partition coefficient (Wildman–Crippen LogP) is 2.75. The second kappa shape index (κ2) is 8.25. The monoisotopic (exact) mass is 404 g/mol. The molecule has 28 heavy (non-hydrogen) atoms. The summed E-state index contributed by atoms with van der Waals surface area (Å²) in [5, 5.41) is 41.5. The fraction of sp³-hybridized carbons (Fsp3) is 0.211. The number of nitrogens with zero attached hydrogens (tertiary/aromatic N) is 1. The summed E-state index contributed by atoms with van der Waals surface area (Å²) in [5.41, 5.74) is -1.47.